The number of amides is 1. The Labute approximate surface area is 210 Å². The average molecular weight is 508 g/mol. The molecular formula is C25H18ClN3O3S2. The number of hydrazone groups is 1. The minimum Gasteiger partial charge on any atom is -0.464 e. The number of nitrogens with zero attached hydrogens (tertiary/aromatic N) is 3. The molecule has 2 aliphatic rings. The number of methoxy groups -OCH3 is 1. The Morgan fingerprint density at radius 2 is 1.59 bits per heavy atom. The molecule has 0 aliphatic carbocycles. The van der Waals surface area contributed by atoms with Gasteiger partial charge in [0.25, 0.3) is 5.91 Å². The number of halogens is 1. The molecule has 1 atom stereocenters. The van der Waals surface area contributed by atoms with Gasteiger partial charge in [-0.25, -0.2) is 9.80 Å². The van der Waals surface area contributed by atoms with Crippen LogP contribution in [-0.4, -0.2) is 28.4 Å². The molecule has 3 aromatic rings. The van der Waals surface area contributed by atoms with Crippen molar-refractivity contribution in [2.24, 2.45) is 5.10 Å². The van der Waals surface area contributed by atoms with Crippen LogP contribution in [0.25, 0.3) is 6.08 Å². The second-order valence-electron chi connectivity index (χ2n) is 7.33. The summed E-state index contributed by atoms with van der Waals surface area (Å²) in [4.78, 5) is 28.6. The van der Waals surface area contributed by atoms with Crippen molar-refractivity contribution >= 4 is 69.5 Å². The fourth-order valence-corrected chi connectivity index (χ4v) is 6.67. The maximum atomic E-state index is 13.9. The highest BCUT2D eigenvalue weighted by Crippen LogP contribution is 2.59. The van der Waals surface area contributed by atoms with Crippen LogP contribution in [0.4, 0.5) is 11.4 Å². The first-order valence-electron chi connectivity index (χ1n) is 10.3. The minimum absolute atomic E-state index is 0.152. The first kappa shape index (κ1) is 22.6. The molecule has 9 heteroatoms. The molecule has 170 valence electrons. The number of carbonyl (C=O) groups is 2. The number of benzene rings is 3. The van der Waals surface area contributed by atoms with E-state index in [1.54, 1.807) is 22.0 Å². The van der Waals surface area contributed by atoms with Gasteiger partial charge in [0.15, 0.2) is 0 Å². The zero-order valence-corrected chi connectivity index (χ0v) is 20.3. The molecule has 1 saturated heterocycles. The Bertz CT molecular complexity index is 1300. The van der Waals surface area contributed by atoms with Gasteiger partial charge in [-0.15, -0.1) is 0 Å². The van der Waals surface area contributed by atoms with Gasteiger partial charge < -0.3 is 4.74 Å². The smallest absolute Gasteiger partial charge is 0.365 e. The highest BCUT2D eigenvalue weighted by Gasteiger charge is 2.60. The van der Waals surface area contributed by atoms with Crippen LogP contribution in [-0.2, 0) is 14.3 Å². The summed E-state index contributed by atoms with van der Waals surface area (Å²) in [6, 6.07) is 26.1. The topological polar surface area (TPSA) is 62.2 Å². The molecule has 34 heavy (non-hydrogen) atoms. The monoisotopic (exact) mass is 507 g/mol. The van der Waals surface area contributed by atoms with Gasteiger partial charge in [-0.1, -0.05) is 71.9 Å². The van der Waals surface area contributed by atoms with E-state index in [0.29, 0.717) is 21.3 Å². The third kappa shape index (κ3) is 3.98. The van der Waals surface area contributed by atoms with Gasteiger partial charge in [0.05, 0.1) is 17.7 Å². The summed E-state index contributed by atoms with van der Waals surface area (Å²) in [6.07, 6.45) is 1.86. The Hall–Kier alpha value is -3.20. The predicted octanol–water partition coefficient (Wildman–Crippen LogP) is 5.81. The van der Waals surface area contributed by atoms with Crippen molar-refractivity contribution in [3.63, 3.8) is 0 Å². The Kier molecular flexibility index (Phi) is 6.12. The lowest BCUT2D eigenvalue weighted by Gasteiger charge is -2.38. The van der Waals surface area contributed by atoms with Crippen molar-refractivity contribution in [2.45, 2.75) is 4.33 Å². The van der Waals surface area contributed by atoms with E-state index in [1.165, 1.54) is 30.6 Å². The largest absolute Gasteiger partial charge is 0.464 e. The molecule has 1 amide bonds. The zero-order chi connectivity index (χ0) is 23.7. The highest BCUT2D eigenvalue weighted by atomic mass is 35.5. The van der Waals surface area contributed by atoms with Crippen molar-refractivity contribution in [1.82, 2.24) is 0 Å². The molecular weight excluding hydrogens is 490 g/mol. The summed E-state index contributed by atoms with van der Waals surface area (Å²) in [5.74, 6) is -0.754. The number of hydrogen-bond acceptors (Lipinski definition) is 7. The van der Waals surface area contributed by atoms with Gasteiger partial charge in [0.1, 0.15) is 0 Å². The van der Waals surface area contributed by atoms with Gasteiger partial charge in [-0.05, 0) is 59.8 Å². The fourth-order valence-electron chi connectivity index (χ4n) is 3.64. The third-order valence-electron chi connectivity index (χ3n) is 5.17. The number of hydrogen-bond donors (Lipinski definition) is 0. The lowest BCUT2D eigenvalue weighted by atomic mass is 10.2. The van der Waals surface area contributed by atoms with Crippen LogP contribution in [0.2, 0.25) is 5.02 Å². The number of esters is 1. The quantitative estimate of drug-likeness (QED) is 0.328. The van der Waals surface area contributed by atoms with E-state index in [9.17, 15) is 9.59 Å². The molecule has 6 nitrogen and oxygen atoms in total. The maximum absolute atomic E-state index is 13.9. The lowest BCUT2D eigenvalue weighted by molar-refractivity contribution is -0.132. The second kappa shape index (κ2) is 9.21. The third-order valence-corrected chi connectivity index (χ3v) is 8.12. The highest BCUT2D eigenvalue weighted by molar-refractivity contribution is 8.29. The summed E-state index contributed by atoms with van der Waals surface area (Å²) in [5.41, 5.74) is 2.26. The fraction of sp³-hybridized carbons (Fsp3) is 0.0800. The van der Waals surface area contributed by atoms with Gasteiger partial charge in [0.2, 0.25) is 9.37 Å². The van der Waals surface area contributed by atoms with E-state index >= 15 is 0 Å². The standard InChI is InChI=1S/C25H18ClN3O3S2/c1-32-24(31)22-27-29(20-14-12-18(26)13-15-20)25(34-22)28(19-10-6-3-7-11-19)23(30)21(33-25)16-17-8-4-2-5-9-17/h2-16H,1H3. The summed E-state index contributed by atoms with van der Waals surface area (Å²) in [5, 5.41) is 7.00. The van der Waals surface area contributed by atoms with Gasteiger partial charge in [-0.3, -0.25) is 9.69 Å². The van der Waals surface area contributed by atoms with Crippen LogP contribution >= 0.6 is 35.1 Å². The number of anilines is 2. The van der Waals surface area contributed by atoms with Crippen LogP contribution in [0, 0.1) is 0 Å². The van der Waals surface area contributed by atoms with Gasteiger partial charge >= 0.3 is 5.97 Å². The molecule has 0 aromatic heterocycles. The first-order valence-corrected chi connectivity index (χ1v) is 12.3. The number of para-hydroxylation sites is 1. The van der Waals surface area contributed by atoms with Crippen molar-refractivity contribution < 1.29 is 14.3 Å². The summed E-state index contributed by atoms with van der Waals surface area (Å²) in [7, 11) is 1.31. The van der Waals surface area contributed by atoms with E-state index < -0.39 is 10.3 Å². The molecule has 3 aromatic carbocycles. The summed E-state index contributed by atoms with van der Waals surface area (Å²) >= 11 is 8.63. The molecule has 1 spiro atoms. The summed E-state index contributed by atoms with van der Waals surface area (Å²) in [6.45, 7) is 0. The van der Waals surface area contributed by atoms with E-state index in [1.807, 2.05) is 78.9 Å². The SMILES string of the molecule is COC(=O)C1=NN(c2ccc(Cl)cc2)C2(SC(=Cc3ccccc3)C(=O)N2c2ccccc2)S1. The normalized spacial score (nSPS) is 20.8. The number of rotatable bonds is 4. The van der Waals surface area contributed by atoms with E-state index in [-0.39, 0.29) is 11.0 Å². The van der Waals surface area contributed by atoms with Crippen LogP contribution in [0.3, 0.4) is 0 Å². The second-order valence-corrected chi connectivity index (χ2v) is 10.4. The molecule has 2 aliphatic heterocycles. The van der Waals surface area contributed by atoms with Crippen LogP contribution < -0.4 is 9.91 Å². The number of carbonyl (C=O) groups excluding carboxylic acids is 2. The Morgan fingerprint density at radius 3 is 2.24 bits per heavy atom. The van der Waals surface area contributed by atoms with Crippen molar-refractivity contribution in [3.8, 4) is 0 Å². The Balaban J connectivity index is 1.69. The van der Waals surface area contributed by atoms with E-state index in [4.69, 9.17) is 16.3 Å². The number of thioether (sulfide) groups is 2. The van der Waals surface area contributed by atoms with Gasteiger partial charge in [0, 0.05) is 10.7 Å². The van der Waals surface area contributed by atoms with Gasteiger partial charge in [-0.2, -0.15) is 5.10 Å². The average Bonchev–Trinajstić information content (AvgIpc) is 3.37. The van der Waals surface area contributed by atoms with Crippen molar-refractivity contribution in [2.75, 3.05) is 17.0 Å². The van der Waals surface area contributed by atoms with Crippen LogP contribution in [0.1, 0.15) is 5.56 Å². The first-order chi connectivity index (χ1) is 16.5. The lowest BCUT2D eigenvalue weighted by Crippen LogP contribution is -2.51. The molecule has 1 fully saturated rings. The van der Waals surface area contributed by atoms with E-state index in [0.717, 1.165) is 5.56 Å². The molecule has 0 saturated carbocycles. The minimum atomic E-state index is -1.11. The predicted molar refractivity (Wildman–Crippen MR) is 140 cm³/mol. The van der Waals surface area contributed by atoms with Crippen LogP contribution in [0.5, 0.6) is 0 Å². The number of ether oxygens (including phenoxy) is 1. The molecule has 0 N–H and O–H groups in total. The van der Waals surface area contributed by atoms with Crippen LogP contribution in [0.15, 0.2) is 94.9 Å². The molecule has 5 rings (SSSR count). The maximum Gasteiger partial charge on any atom is 0.365 e. The van der Waals surface area contributed by atoms with Crippen molar-refractivity contribution in [1.29, 1.82) is 0 Å². The van der Waals surface area contributed by atoms with Crippen molar-refractivity contribution in [3.05, 3.63) is 100 Å². The molecule has 2 heterocycles. The Morgan fingerprint density at radius 1 is 0.941 bits per heavy atom. The zero-order valence-electron chi connectivity index (χ0n) is 17.9. The summed E-state index contributed by atoms with van der Waals surface area (Å²) < 4.78 is 3.85. The van der Waals surface area contributed by atoms with E-state index in [2.05, 4.69) is 5.10 Å². The molecule has 1 unspecified atom stereocenters. The molecule has 0 bridgehead atoms. The molecule has 0 radical (unpaired) electrons.